The molecule has 0 unspecified atom stereocenters. The molecule has 2 amide bonds. The predicted molar refractivity (Wildman–Crippen MR) is 132 cm³/mol. The minimum absolute atomic E-state index is 0.0872. The summed E-state index contributed by atoms with van der Waals surface area (Å²) < 4.78 is 6.28. The number of amides is 2. The molecule has 0 aromatic carbocycles. The molecule has 10 heteroatoms. The molecule has 3 atom stereocenters. The smallest absolute Gasteiger partial charge is 0.259 e. The van der Waals surface area contributed by atoms with Crippen LogP contribution in [0.5, 0.6) is 5.88 Å². The first-order chi connectivity index (χ1) is 17.4. The molecule has 0 bridgehead atoms. The maximum atomic E-state index is 13.6. The lowest BCUT2D eigenvalue weighted by Crippen LogP contribution is -2.50. The Labute approximate surface area is 210 Å². The molecule has 3 aromatic heterocycles. The van der Waals surface area contributed by atoms with Gasteiger partial charge in [0.05, 0.1) is 25.6 Å². The van der Waals surface area contributed by atoms with E-state index in [4.69, 9.17) is 4.74 Å². The second kappa shape index (κ2) is 11.2. The van der Waals surface area contributed by atoms with Crippen molar-refractivity contribution in [3.05, 3.63) is 66.6 Å². The molecule has 36 heavy (non-hydrogen) atoms. The standard InChI is InChI=1S/C26H30N6O4/c1-17-13-32(18(2)15-33)26(35)22-8-19(20-10-27-16-28-11-20)12-30-25(22)36-23(17)14-31(3)24(34)9-21-6-4-5-7-29-21/h4-8,10-12,16-18,23,33H,9,13-15H2,1-3H3/t17-,18+,23-/m0/s1. The number of fused-ring (bicyclic) bond motifs is 1. The number of likely N-dealkylation sites (N-methyl/N-ethyl adjacent to an activating group) is 1. The number of rotatable bonds is 7. The van der Waals surface area contributed by atoms with Crippen molar-refractivity contribution in [1.82, 2.24) is 29.7 Å². The van der Waals surface area contributed by atoms with E-state index in [1.807, 2.05) is 25.1 Å². The average molecular weight is 491 g/mol. The van der Waals surface area contributed by atoms with E-state index < -0.39 is 12.1 Å². The zero-order valence-electron chi connectivity index (χ0n) is 20.6. The summed E-state index contributed by atoms with van der Waals surface area (Å²) in [5, 5.41) is 9.84. The van der Waals surface area contributed by atoms with E-state index in [0.717, 1.165) is 0 Å². The van der Waals surface area contributed by atoms with Crippen molar-refractivity contribution in [3.8, 4) is 17.0 Å². The Bertz CT molecular complexity index is 1190. The molecule has 188 valence electrons. The van der Waals surface area contributed by atoms with Crippen molar-refractivity contribution in [2.24, 2.45) is 5.92 Å². The lowest BCUT2D eigenvalue weighted by atomic mass is 9.99. The van der Waals surface area contributed by atoms with Crippen LogP contribution in [-0.2, 0) is 11.2 Å². The summed E-state index contributed by atoms with van der Waals surface area (Å²) in [4.78, 5) is 46.5. The fraction of sp³-hybridized carbons (Fsp3) is 0.385. The van der Waals surface area contributed by atoms with E-state index in [-0.39, 0.29) is 42.2 Å². The number of pyridine rings is 2. The Hall–Kier alpha value is -3.92. The number of carbonyl (C=O) groups excluding carboxylic acids is 2. The molecule has 4 rings (SSSR count). The number of aliphatic hydroxyl groups is 1. The van der Waals surface area contributed by atoms with Crippen LogP contribution >= 0.6 is 0 Å². The summed E-state index contributed by atoms with van der Waals surface area (Å²) in [7, 11) is 1.73. The molecule has 3 aromatic rings. The highest BCUT2D eigenvalue weighted by molar-refractivity contribution is 5.98. The van der Waals surface area contributed by atoms with Gasteiger partial charge in [0.1, 0.15) is 18.0 Å². The lowest BCUT2D eigenvalue weighted by Gasteiger charge is -2.37. The zero-order chi connectivity index (χ0) is 25.7. The third kappa shape index (κ3) is 5.65. The summed E-state index contributed by atoms with van der Waals surface area (Å²) in [5.41, 5.74) is 2.37. The summed E-state index contributed by atoms with van der Waals surface area (Å²) in [5.74, 6) is -0.304. The van der Waals surface area contributed by atoms with Crippen molar-refractivity contribution < 1.29 is 19.4 Å². The Morgan fingerprint density at radius 2 is 2.00 bits per heavy atom. The van der Waals surface area contributed by atoms with Crippen LogP contribution in [0.15, 0.2) is 55.4 Å². The maximum Gasteiger partial charge on any atom is 0.259 e. The number of carbonyl (C=O) groups is 2. The molecule has 0 saturated carbocycles. The normalized spacial score (nSPS) is 18.4. The quantitative estimate of drug-likeness (QED) is 0.533. The summed E-state index contributed by atoms with van der Waals surface area (Å²) in [6.07, 6.45) is 7.75. The Morgan fingerprint density at radius 3 is 2.69 bits per heavy atom. The minimum Gasteiger partial charge on any atom is -0.472 e. The molecule has 0 fully saturated rings. The third-order valence-electron chi connectivity index (χ3n) is 6.35. The molecular formula is C26H30N6O4. The number of hydrogen-bond acceptors (Lipinski definition) is 8. The molecule has 1 N–H and O–H groups in total. The van der Waals surface area contributed by atoms with E-state index in [0.29, 0.717) is 29.9 Å². The molecule has 0 aliphatic carbocycles. The molecule has 1 aliphatic rings. The van der Waals surface area contributed by atoms with Crippen molar-refractivity contribution >= 4 is 11.8 Å². The first kappa shape index (κ1) is 25.2. The second-order valence-electron chi connectivity index (χ2n) is 9.10. The summed E-state index contributed by atoms with van der Waals surface area (Å²) in [6.45, 7) is 4.24. The van der Waals surface area contributed by atoms with Crippen LogP contribution in [-0.4, -0.2) is 85.5 Å². The van der Waals surface area contributed by atoms with Crippen molar-refractivity contribution in [2.75, 3.05) is 26.7 Å². The number of aromatic nitrogens is 4. The highest BCUT2D eigenvalue weighted by Gasteiger charge is 2.34. The molecule has 0 saturated heterocycles. The van der Waals surface area contributed by atoms with Crippen molar-refractivity contribution in [2.45, 2.75) is 32.4 Å². The predicted octanol–water partition coefficient (Wildman–Crippen LogP) is 1.85. The first-order valence-electron chi connectivity index (χ1n) is 11.8. The van der Waals surface area contributed by atoms with E-state index >= 15 is 0 Å². The van der Waals surface area contributed by atoms with Crippen LogP contribution in [0.2, 0.25) is 0 Å². The van der Waals surface area contributed by atoms with Crippen LogP contribution in [0.25, 0.3) is 11.1 Å². The molecule has 0 spiro atoms. The van der Waals surface area contributed by atoms with Crippen LogP contribution in [0.4, 0.5) is 0 Å². The van der Waals surface area contributed by atoms with Crippen molar-refractivity contribution in [3.63, 3.8) is 0 Å². The highest BCUT2D eigenvalue weighted by Crippen LogP contribution is 2.30. The minimum atomic E-state index is -0.429. The van der Waals surface area contributed by atoms with Gasteiger partial charge in [-0.25, -0.2) is 15.0 Å². The van der Waals surface area contributed by atoms with Gasteiger partial charge in [0.15, 0.2) is 0 Å². The molecule has 10 nitrogen and oxygen atoms in total. The SMILES string of the molecule is C[C@H](CO)N1C[C@H](C)[C@H](CN(C)C(=O)Cc2ccccn2)Oc2ncc(-c3cncnc3)cc2C1=O. The lowest BCUT2D eigenvalue weighted by molar-refractivity contribution is -0.130. The third-order valence-corrected chi connectivity index (χ3v) is 6.35. The van der Waals surface area contributed by atoms with Gasteiger partial charge in [0.25, 0.3) is 5.91 Å². The molecule has 1 aliphatic heterocycles. The Morgan fingerprint density at radius 1 is 1.22 bits per heavy atom. The van der Waals surface area contributed by atoms with Crippen molar-refractivity contribution in [1.29, 1.82) is 0 Å². The molecule has 0 radical (unpaired) electrons. The van der Waals surface area contributed by atoms with Gasteiger partial charge in [0, 0.05) is 61.1 Å². The van der Waals surface area contributed by atoms with E-state index in [1.54, 1.807) is 54.6 Å². The monoisotopic (exact) mass is 490 g/mol. The second-order valence-corrected chi connectivity index (χ2v) is 9.10. The Balaban J connectivity index is 1.62. The summed E-state index contributed by atoms with van der Waals surface area (Å²) in [6, 6.07) is 6.78. The van der Waals surface area contributed by atoms with Gasteiger partial charge in [-0.2, -0.15) is 0 Å². The van der Waals surface area contributed by atoms with Gasteiger partial charge < -0.3 is 19.6 Å². The van der Waals surface area contributed by atoms with Gasteiger partial charge in [-0.15, -0.1) is 0 Å². The number of hydrogen-bond donors (Lipinski definition) is 1. The van der Waals surface area contributed by atoms with Gasteiger partial charge in [-0.1, -0.05) is 13.0 Å². The van der Waals surface area contributed by atoms with Crippen LogP contribution < -0.4 is 4.74 Å². The zero-order valence-corrected chi connectivity index (χ0v) is 20.6. The first-order valence-corrected chi connectivity index (χ1v) is 11.8. The molecular weight excluding hydrogens is 460 g/mol. The van der Waals surface area contributed by atoms with Gasteiger partial charge in [-0.05, 0) is 25.1 Å². The van der Waals surface area contributed by atoms with E-state index in [9.17, 15) is 14.7 Å². The number of nitrogens with zero attached hydrogens (tertiary/aromatic N) is 6. The fourth-order valence-corrected chi connectivity index (χ4v) is 4.09. The van der Waals surface area contributed by atoms with Gasteiger partial charge in [-0.3, -0.25) is 14.6 Å². The van der Waals surface area contributed by atoms with E-state index in [1.165, 1.54) is 6.33 Å². The maximum absolute atomic E-state index is 13.6. The topological polar surface area (TPSA) is 122 Å². The van der Waals surface area contributed by atoms with Crippen LogP contribution in [0, 0.1) is 5.92 Å². The van der Waals surface area contributed by atoms with E-state index in [2.05, 4.69) is 19.9 Å². The number of aliphatic hydroxyl groups excluding tert-OH is 1. The fourth-order valence-electron chi connectivity index (χ4n) is 4.09. The summed E-state index contributed by atoms with van der Waals surface area (Å²) >= 11 is 0. The Kier molecular flexibility index (Phi) is 7.84. The number of ether oxygens (including phenoxy) is 1. The van der Waals surface area contributed by atoms with Crippen LogP contribution in [0.1, 0.15) is 29.9 Å². The highest BCUT2D eigenvalue weighted by atomic mass is 16.5. The van der Waals surface area contributed by atoms with Gasteiger partial charge >= 0.3 is 0 Å². The van der Waals surface area contributed by atoms with Crippen LogP contribution in [0.3, 0.4) is 0 Å². The average Bonchev–Trinajstić information content (AvgIpc) is 2.91. The largest absolute Gasteiger partial charge is 0.472 e. The van der Waals surface area contributed by atoms with Gasteiger partial charge in [0.2, 0.25) is 11.8 Å². The molecule has 4 heterocycles.